The van der Waals surface area contributed by atoms with E-state index in [2.05, 4.69) is 53.4 Å². The molecule has 0 N–H and O–H groups in total. The van der Waals surface area contributed by atoms with Crippen LogP contribution < -0.4 is 0 Å². The number of carbonyl (C=O) groups excluding carboxylic acids is 2. The van der Waals surface area contributed by atoms with E-state index in [9.17, 15) is 9.59 Å². The maximum Gasteiger partial charge on any atom is 0.309 e. The van der Waals surface area contributed by atoms with Gasteiger partial charge in [0.05, 0.1) is 24.5 Å². The summed E-state index contributed by atoms with van der Waals surface area (Å²) in [5.74, 6) is -0.530. The van der Waals surface area contributed by atoms with E-state index in [0.717, 1.165) is 13.1 Å². The minimum Gasteiger partial charge on any atom is -0.466 e. The first kappa shape index (κ1) is 19.6. The molecule has 0 spiro atoms. The Morgan fingerprint density at radius 1 is 0.897 bits per heavy atom. The number of benzene rings is 2. The standard InChI is InChI=1S/C24H28N2O3/c1-2-29-24(28)21-17-20(21)23(27)26-15-13-25(14-16-26)22(18-9-5-3-6-10-18)19-11-7-4-8-12-19/h3-12,20-22H,2,13-17H2,1H3. The molecule has 1 aliphatic heterocycles. The number of amides is 1. The lowest BCUT2D eigenvalue weighted by Crippen LogP contribution is -2.50. The van der Waals surface area contributed by atoms with Gasteiger partial charge >= 0.3 is 5.97 Å². The largest absolute Gasteiger partial charge is 0.466 e. The molecule has 2 unspecified atom stereocenters. The van der Waals surface area contributed by atoms with Crippen LogP contribution in [0.3, 0.4) is 0 Å². The van der Waals surface area contributed by atoms with Crippen LogP contribution in [-0.4, -0.2) is 54.5 Å². The molecule has 0 aromatic heterocycles. The van der Waals surface area contributed by atoms with Gasteiger partial charge in [-0.3, -0.25) is 14.5 Å². The summed E-state index contributed by atoms with van der Waals surface area (Å²) >= 11 is 0. The second-order valence-corrected chi connectivity index (χ2v) is 7.79. The molecular weight excluding hydrogens is 364 g/mol. The van der Waals surface area contributed by atoms with E-state index in [4.69, 9.17) is 4.74 Å². The average molecular weight is 392 g/mol. The van der Waals surface area contributed by atoms with E-state index < -0.39 is 0 Å². The Morgan fingerprint density at radius 3 is 1.97 bits per heavy atom. The topological polar surface area (TPSA) is 49.9 Å². The van der Waals surface area contributed by atoms with Crippen molar-refractivity contribution in [3.05, 3.63) is 71.8 Å². The van der Waals surface area contributed by atoms with Gasteiger partial charge < -0.3 is 9.64 Å². The molecule has 1 amide bonds. The van der Waals surface area contributed by atoms with Crippen molar-refractivity contribution in [2.24, 2.45) is 11.8 Å². The minimum absolute atomic E-state index is 0.110. The second-order valence-electron chi connectivity index (χ2n) is 7.79. The Morgan fingerprint density at radius 2 is 1.45 bits per heavy atom. The highest BCUT2D eigenvalue weighted by Crippen LogP contribution is 2.41. The molecule has 1 saturated heterocycles. The van der Waals surface area contributed by atoms with Crippen molar-refractivity contribution in [2.45, 2.75) is 19.4 Å². The van der Waals surface area contributed by atoms with Crippen LogP contribution in [0.2, 0.25) is 0 Å². The summed E-state index contributed by atoms with van der Waals surface area (Å²) in [7, 11) is 0. The lowest BCUT2D eigenvalue weighted by Gasteiger charge is -2.40. The maximum absolute atomic E-state index is 12.8. The van der Waals surface area contributed by atoms with Crippen LogP contribution in [0.1, 0.15) is 30.5 Å². The fourth-order valence-corrected chi connectivity index (χ4v) is 4.30. The zero-order valence-corrected chi connectivity index (χ0v) is 16.9. The number of piperazine rings is 1. The summed E-state index contributed by atoms with van der Waals surface area (Å²) in [6.45, 7) is 5.19. The van der Waals surface area contributed by atoms with Crippen molar-refractivity contribution >= 4 is 11.9 Å². The van der Waals surface area contributed by atoms with Crippen molar-refractivity contribution in [3.63, 3.8) is 0 Å². The van der Waals surface area contributed by atoms with Crippen molar-refractivity contribution in [2.75, 3.05) is 32.8 Å². The van der Waals surface area contributed by atoms with Gasteiger partial charge in [0.25, 0.3) is 0 Å². The van der Waals surface area contributed by atoms with Crippen LogP contribution in [0.5, 0.6) is 0 Å². The highest BCUT2D eigenvalue weighted by Gasteiger charge is 2.50. The Hall–Kier alpha value is -2.66. The number of hydrogen-bond acceptors (Lipinski definition) is 4. The number of hydrogen-bond donors (Lipinski definition) is 0. The Balaban J connectivity index is 1.41. The van der Waals surface area contributed by atoms with Crippen LogP contribution >= 0.6 is 0 Å². The molecule has 1 aliphatic carbocycles. The third kappa shape index (κ3) is 4.35. The summed E-state index contributed by atoms with van der Waals surface area (Å²) in [6, 6.07) is 21.3. The molecule has 0 bridgehead atoms. The zero-order valence-electron chi connectivity index (χ0n) is 16.9. The first-order chi connectivity index (χ1) is 14.2. The molecule has 5 heteroatoms. The first-order valence-corrected chi connectivity index (χ1v) is 10.5. The van der Waals surface area contributed by atoms with Crippen molar-refractivity contribution in [1.29, 1.82) is 0 Å². The summed E-state index contributed by atoms with van der Waals surface area (Å²) in [6.07, 6.45) is 0.633. The van der Waals surface area contributed by atoms with E-state index in [1.807, 2.05) is 17.0 Å². The second kappa shape index (κ2) is 8.78. The van der Waals surface area contributed by atoms with Gasteiger partial charge in [0.2, 0.25) is 5.91 Å². The number of carbonyl (C=O) groups is 2. The number of rotatable bonds is 6. The maximum atomic E-state index is 12.8. The summed E-state index contributed by atoms with van der Waals surface area (Å²) in [4.78, 5) is 29.0. The van der Waals surface area contributed by atoms with Gasteiger partial charge in [0.1, 0.15) is 0 Å². The van der Waals surface area contributed by atoms with E-state index in [0.29, 0.717) is 26.1 Å². The number of ether oxygens (including phenoxy) is 1. The van der Waals surface area contributed by atoms with Gasteiger partial charge in [-0.2, -0.15) is 0 Å². The lowest BCUT2D eigenvalue weighted by atomic mass is 9.96. The van der Waals surface area contributed by atoms with Crippen molar-refractivity contribution < 1.29 is 14.3 Å². The molecule has 5 nitrogen and oxygen atoms in total. The molecular formula is C24H28N2O3. The number of nitrogens with zero attached hydrogens (tertiary/aromatic N) is 2. The Labute approximate surface area is 172 Å². The van der Waals surface area contributed by atoms with Crippen LogP contribution in [0.25, 0.3) is 0 Å². The molecule has 152 valence electrons. The van der Waals surface area contributed by atoms with Crippen LogP contribution in [0, 0.1) is 11.8 Å². The van der Waals surface area contributed by atoms with E-state index in [1.54, 1.807) is 6.92 Å². The van der Waals surface area contributed by atoms with Gasteiger partial charge in [-0.1, -0.05) is 60.7 Å². The average Bonchev–Trinajstić information content (AvgIpc) is 3.57. The smallest absolute Gasteiger partial charge is 0.309 e. The summed E-state index contributed by atoms with van der Waals surface area (Å²) in [5, 5.41) is 0. The van der Waals surface area contributed by atoms with Crippen molar-refractivity contribution in [3.8, 4) is 0 Å². The van der Waals surface area contributed by atoms with Gasteiger partial charge in [-0.05, 0) is 24.5 Å². The molecule has 1 saturated carbocycles. The van der Waals surface area contributed by atoms with Gasteiger partial charge in [-0.15, -0.1) is 0 Å². The minimum atomic E-state index is -0.234. The monoisotopic (exact) mass is 392 g/mol. The van der Waals surface area contributed by atoms with Gasteiger partial charge in [0, 0.05) is 26.2 Å². The predicted molar refractivity (Wildman–Crippen MR) is 111 cm³/mol. The SMILES string of the molecule is CCOC(=O)C1CC1C(=O)N1CCN(C(c2ccccc2)c2ccccc2)CC1. The molecule has 2 aromatic rings. The van der Waals surface area contributed by atoms with E-state index in [-0.39, 0.29) is 29.8 Å². The predicted octanol–water partition coefficient (Wildman–Crippen LogP) is 3.12. The van der Waals surface area contributed by atoms with Crippen molar-refractivity contribution in [1.82, 2.24) is 9.80 Å². The molecule has 1 heterocycles. The third-order valence-electron chi connectivity index (χ3n) is 5.92. The van der Waals surface area contributed by atoms with Crippen LogP contribution in [0.15, 0.2) is 60.7 Å². The molecule has 4 rings (SSSR count). The zero-order chi connectivity index (χ0) is 20.2. The molecule has 2 aromatic carbocycles. The number of esters is 1. The molecule has 2 aliphatic rings. The molecule has 2 fully saturated rings. The Bertz CT molecular complexity index is 792. The normalized spacial score (nSPS) is 21.8. The highest BCUT2D eigenvalue weighted by molar-refractivity contribution is 5.90. The van der Waals surface area contributed by atoms with E-state index >= 15 is 0 Å². The van der Waals surface area contributed by atoms with Gasteiger partial charge in [0.15, 0.2) is 0 Å². The molecule has 0 radical (unpaired) electrons. The third-order valence-corrected chi connectivity index (χ3v) is 5.92. The van der Waals surface area contributed by atoms with Crippen LogP contribution in [0.4, 0.5) is 0 Å². The summed E-state index contributed by atoms with van der Waals surface area (Å²) in [5.41, 5.74) is 2.53. The quantitative estimate of drug-likeness (QED) is 0.709. The lowest BCUT2D eigenvalue weighted by molar-refractivity contribution is -0.147. The highest BCUT2D eigenvalue weighted by atomic mass is 16.5. The van der Waals surface area contributed by atoms with Gasteiger partial charge in [-0.25, -0.2) is 0 Å². The first-order valence-electron chi connectivity index (χ1n) is 10.5. The van der Waals surface area contributed by atoms with E-state index in [1.165, 1.54) is 11.1 Å². The Kier molecular flexibility index (Phi) is 5.95. The summed E-state index contributed by atoms with van der Waals surface area (Å²) < 4.78 is 5.06. The fraction of sp³-hybridized carbons (Fsp3) is 0.417. The molecule has 29 heavy (non-hydrogen) atoms. The molecule has 2 atom stereocenters. The van der Waals surface area contributed by atoms with Crippen LogP contribution in [-0.2, 0) is 14.3 Å². The fourth-order valence-electron chi connectivity index (χ4n) is 4.30.